The third-order valence-corrected chi connectivity index (χ3v) is 6.17. The second-order valence-corrected chi connectivity index (χ2v) is 8.84. The van der Waals surface area contributed by atoms with E-state index < -0.39 is 10.0 Å². The molecular formula is C21H26N2O5S. The van der Waals surface area contributed by atoms with Crippen LogP contribution in [0.3, 0.4) is 0 Å². The molecule has 1 N–H and O–H groups in total. The molecule has 1 saturated carbocycles. The Morgan fingerprint density at radius 2 is 1.83 bits per heavy atom. The van der Waals surface area contributed by atoms with E-state index in [0.29, 0.717) is 36.9 Å². The molecular weight excluding hydrogens is 392 g/mol. The summed E-state index contributed by atoms with van der Waals surface area (Å²) in [5.74, 6) is 1.60. The highest BCUT2D eigenvalue weighted by atomic mass is 32.2. The summed E-state index contributed by atoms with van der Waals surface area (Å²) < 4.78 is 38.2. The van der Waals surface area contributed by atoms with Crippen molar-refractivity contribution >= 4 is 15.9 Å². The number of rotatable bonds is 10. The van der Waals surface area contributed by atoms with E-state index >= 15 is 0 Å². The first-order valence-electron chi connectivity index (χ1n) is 9.51. The Bertz CT molecular complexity index is 940. The van der Waals surface area contributed by atoms with Gasteiger partial charge in [0.2, 0.25) is 10.0 Å². The summed E-state index contributed by atoms with van der Waals surface area (Å²) in [7, 11) is -0.355. The number of likely N-dealkylation sites (N-methyl/N-ethyl adjacent to an activating group) is 1. The highest BCUT2D eigenvalue weighted by Crippen LogP contribution is 2.28. The number of nitrogens with zero attached hydrogens (tertiary/aromatic N) is 1. The zero-order chi connectivity index (χ0) is 20.9. The van der Waals surface area contributed by atoms with E-state index in [4.69, 9.17) is 9.47 Å². The van der Waals surface area contributed by atoms with Crippen molar-refractivity contribution in [2.75, 3.05) is 33.9 Å². The first-order chi connectivity index (χ1) is 13.9. The minimum Gasteiger partial charge on any atom is -0.497 e. The highest BCUT2D eigenvalue weighted by molar-refractivity contribution is 7.89. The minimum absolute atomic E-state index is 0.104. The number of carbonyl (C=O) groups excluding carboxylic acids is 1. The van der Waals surface area contributed by atoms with Crippen LogP contribution in [0.25, 0.3) is 0 Å². The van der Waals surface area contributed by atoms with Crippen LogP contribution in [-0.2, 0) is 10.0 Å². The third-order valence-electron chi connectivity index (χ3n) is 4.75. The Kier molecular flexibility index (Phi) is 6.76. The molecule has 0 unspecified atom stereocenters. The molecule has 1 amide bonds. The van der Waals surface area contributed by atoms with Crippen molar-refractivity contribution in [2.45, 2.75) is 17.7 Å². The van der Waals surface area contributed by atoms with Crippen molar-refractivity contribution in [1.29, 1.82) is 0 Å². The van der Waals surface area contributed by atoms with Crippen LogP contribution in [0, 0.1) is 5.92 Å². The molecule has 29 heavy (non-hydrogen) atoms. The molecule has 0 aromatic heterocycles. The van der Waals surface area contributed by atoms with E-state index in [1.807, 2.05) is 0 Å². The van der Waals surface area contributed by atoms with Gasteiger partial charge in [-0.1, -0.05) is 6.07 Å². The van der Waals surface area contributed by atoms with Crippen molar-refractivity contribution in [3.8, 4) is 11.5 Å². The molecule has 156 valence electrons. The molecule has 7 nitrogen and oxygen atoms in total. The van der Waals surface area contributed by atoms with Gasteiger partial charge < -0.3 is 14.4 Å². The number of carbonyl (C=O) groups is 1. The molecule has 1 aliphatic rings. The van der Waals surface area contributed by atoms with E-state index in [1.54, 1.807) is 50.6 Å². The predicted molar refractivity (Wildman–Crippen MR) is 110 cm³/mol. The Morgan fingerprint density at radius 3 is 2.48 bits per heavy atom. The van der Waals surface area contributed by atoms with Gasteiger partial charge >= 0.3 is 0 Å². The molecule has 0 saturated heterocycles. The molecule has 2 aromatic carbocycles. The topological polar surface area (TPSA) is 84.9 Å². The average molecular weight is 419 g/mol. The monoisotopic (exact) mass is 418 g/mol. The van der Waals surface area contributed by atoms with Crippen molar-refractivity contribution in [3.05, 3.63) is 54.1 Å². The number of hydrogen-bond donors (Lipinski definition) is 1. The normalized spacial score (nSPS) is 13.7. The van der Waals surface area contributed by atoms with Crippen LogP contribution >= 0.6 is 0 Å². The highest BCUT2D eigenvalue weighted by Gasteiger charge is 2.24. The van der Waals surface area contributed by atoms with Gasteiger partial charge in [0.15, 0.2) is 0 Å². The lowest BCUT2D eigenvalue weighted by atomic mass is 10.2. The Morgan fingerprint density at radius 1 is 1.14 bits per heavy atom. The number of hydrogen-bond acceptors (Lipinski definition) is 5. The van der Waals surface area contributed by atoms with Gasteiger partial charge in [-0.3, -0.25) is 4.79 Å². The Balaban J connectivity index is 1.55. The van der Waals surface area contributed by atoms with Crippen molar-refractivity contribution in [3.63, 3.8) is 0 Å². The largest absolute Gasteiger partial charge is 0.497 e. The molecule has 0 radical (unpaired) electrons. The summed E-state index contributed by atoms with van der Waals surface area (Å²) in [6.07, 6.45) is 2.12. The first-order valence-corrected chi connectivity index (χ1v) is 11.0. The number of methoxy groups -OCH3 is 1. The second-order valence-electron chi connectivity index (χ2n) is 7.07. The van der Waals surface area contributed by atoms with E-state index in [0.717, 1.165) is 18.6 Å². The summed E-state index contributed by atoms with van der Waals surface area (Å²) in [4.78, 5) is 14.3. The van der Waals surface area contributed by atoms with Gasteiger partial charge in [-0.2, -0.15) is 0 Å². The van der Waals surface area contributed by atoms with Crippen molar-refractivity contribution in [2.24, 2.45) is 5.92 Å². The number of ether oxygens (including phenoxy) is 2. The molecule has 3 rings (SSSR count). The van der Waals surface area contributed by atoms with Gasteiger partial charge in [-0.25, -0.2) is 13.1 Å². The molecule has 0 heterocycles. The standard InChI is InChI=1S/C21H26N2O5S/c1-23(12-13-28-19-10-8-18(27-2)9-11-19)21(24)17-4-3-5-20(14-17)29(25,26)22-15-16-6-7-16/h3-5,8-11,14,16,22H,6-7,12-13,15H2,1-2H3. The Hall–Kier alpha value is -2.58. The van der Waals surface area contributed by atoms with E-state index in [1.165, 1.54) is 17.0 Å². The van der Waals surface area contributed by atoms with E-state index in [9.17, 15) is 13.2 Å². The van der Waals surface area contributed by atoms with Crippen LogP contribution in [0.5, 0.6) is 11.5 Å². The SMILES string of the molecule is COc1ccc(OCCN(C)C(=O)c2cccc(S(=O)(=O)NCC3CC3)c2)cc1. The number of nitrogens with one attached hydrogen (secondary N) is 1. The van der Waals surface area contributed by atoms with Crippen molar-refractivity contribution < 1.29 is 22.7 Å². The molecule has 0 atom stereocenters. The molecule has 0 spiro atoms. The number of amides is 1. The van der Waals surface area contributed by atoms with Crippen LogP contribution < -0.4 is 14.2 Å². The van der Waals surface area contributed by atoms with Crippen LogP contribution in [0.15, 0.2) is 53.4 Å². The zero-order valence-electron chi connectivity index (χ0n) is 16.6. The smallest absolute Gasteiger partial charge is 0.253 e. The van der Waals surface area contributed by atoms with E-state index in [-0.39, 0.29) is 10.8 Å². The fourth-order valence-corrected chi connectivity index (χ4v) is 3.89. The fraction of sp³-hybridized carbons (Fsp3) is 0.381. The number of benzene rings is 2. The van der Waals surface area contributed by atoms with Gasteiger partial charge in [0.1, 0.15) is 18.1 Å². The van der Waals surface area contributed by atoms with Crippen LogP contribution in [0.1, 0.15) is 23.2 Å². The molecule has 2 aromatic rings. The summed E-state index contributed by atoms with van der Waals surface area (Å²) in [6, 6.07) is 13.3. The van der Waals surface area contributed by atoms with Gasteiger partial charge in [0, 0.05) is 19.2 Å². The second kappa shape index (κ2) is 9.28. The lowest BCUT2D eigenvalue weighted by molar-refractivity contribution is 0.0773. The zero-order valence-corrected chi connectivity index (χ0v) is 17.4. The quantitative estimate of drug-likeness (QED) is 0.641. The first kappa shape index (κ1) is 21.1. The third kappa shape index (κ3) is 5.95. The van der Waals surface area contributed by atoms with Crippen LogP contribution in [0.2, 0.25) is 0 Å². The molecule has 8 heteroatoms. The van der Waals surface area contributed by atoms with Gasteiger partial charge in [-0.15, -0.1) is 0 Å². The van der Waals surface area contributed by atoms with E-state index in [2.05, 4.69) is 4.72 Å². The molecule has 1 fully saturated rings. The lowest BCUT2D eigenvalue weighted by Crippen LogP contribution is -2.31. The van der Waals surface area contributed by atoms with Crippen molar-refractivity contribution in [1.82, 2.24) is 9.62 Å². The maximum absolute atomic E-state index is 12.7. The fourth-order valence-electron chi connectivity index (χ4n) is 2.72. The minimum atomic E-state index is -3.61. The summed E-state index contributed by atoms with van der Waals surface area (Å²) >= 11 is 0. The lowest BCUT2D eigenvalue weighted by Gasteiger charge is -2.18. The summed E-state index contributed by atoms with van der Waals surface area (Å²) in [6.45, 7) is 1.13. The predicted octanol–water partition coefficient (Wildman–Crippen LogP) is 2.53. The maximum Gasteiger partial charge on any atom is 0.253 e. The summed E-state index contributed by atoms with van der Waals surface area (Å²) in [5, 5.41) is 0. The van der Waals surface area contributed by atoms with Crippen LogP contribution in [-0.4, -0.2) is 53.1 Å². The summed E-state index contributed by atoms with van der Waals surface area (Å²) in [5.41, 5.74) is 0.325. The van der Waals surface area contributed by atoms with Gasteiger partial charge in [0.05, 0.1) is 18.6 Å². The molecule has 0 aliphatic heterocycles. The van der Waals surface area contributed by atoms with Gasteiger partial charge in [-0.05, 0) is 61.2 Å². The maximum atomic E-state index is 12.7. The van der Waals surface area contributed by atoms with Crippen LogP contribution in [0.4, 0.5) is 0 Å². The molecule has 0 bridgehead atoms. The number of sulfonamides is 1. The molecule has 1 aliphatic carbocycles. The Labute approximate surface area is 171 Å². The average Bonchev–Trinajstić information content (AvgIpc) is 3.57. The van der Waals surface area contributed by atoms with Gasteiger partial charge in [0.25, 0.3) is 5.91 Å².